The van der Waals surface area contributed by atoms with Gasteiger partial charge in [0.05, 0.1) is 31.2 Å². The molecule has 2 rings (SSSR count). The molecule has 2 aromatic rings. The summed E-state index contributed by atoms with van der Waals surface area (Å²) in [5, 5.41) is 4.18. The summed E-state index contributed by atoms with van der Waals surface area (Å²) in [7, 11) is 1.56. The summed E-state index contributed by atoms with van der Waals surface area (Å²) < 4.78 is 16.5. The number of hydrogen-bond acceptors (Lipinski definition) is 7. The van der Waals surface area contributed by atoms with E-state index in [2.05, 4.69) is 5.10 Å². The zero-order chi connectivity index (χ0) is 16.7. The van der Waals surface area contributed by atoms with Gasteiger partial charge in [0.1, 0.15) is 19.0 Å². The fraction of sp³-hybridized carbons (Fsp3) is 0.267. The fourth-order valence-corrected chi connectivity index (χ4v) is 2.17. The molecule has 1 aromatic heterocycles. The number of rotatable bonds is 9. The summed E-state index contributed by atoms with van der Waals surface area (Å²) in [4.78, 5) is 20.7. The summed E-state index contributed by atoms with van der Waals surface area (Å²) in [5.41, 5.74) is 8.51. The number of benzene rings is 1. The van der Waals surface area contributed by atoms with Crippen LogP contribution in [0.4, 0.5) is 5.69 Å². The summed E-state index contributed by atoms with van der Waals surface area (Å²) in [6, 6.07) is 5.44. The van der Waals surface area contributed by atoms with Crippen LogP contribution in [0.2, 0.25) is 0 Å². The Morgan fingerprint density at radius 1 is 1.22 bits per heavy atom. The van der Waals surface area contributed by atoms with Crippen molar-refractivity contribution in [3.63, 3.8) is 0 Å². The normalized spacial score (nSPS) is 10.1. The third kappa shape index (κ3) is 4.00. The van der Waals surface area contributed by atoms with Crippen molar-refractivity contribution in [3.8, 4) is 5.75 Å². The Hall–Kier alpha value is -3.03. The first kappa shape index (κ1) is 16.3. The standard InChI is InChI=1S/C15H17N3O5/c1-21-15-3-2-11(7-22-9-19)4-12(15)6-18-14(8-23-10-20)13(16)5-17-18/h2-5,9-10H,6-8,16H2,1H3. The Bertz CT molecular complexity index is 684. The van der Waals surface area contributed by atoms with Gasteiger partial charge in [-0.2, -0.15) is 5.10 Å². The highest BCUT2D eigenvalue weighted by Crippen LogP contribution is 2.23. The molecule has 122 valence electrons. The molecule has 0 radical (unpaired) electrons. The summed E-state index contributed by atoms with van der Waals surface area (Å²) >= 11 is 0. The number of anilines is 1. The topological polar surface area (TPSA) is 106 Å². The summed E-state index contributed by atoms with van der Waals surface area (Å²) in [6.45, 7) is 1.32. The minimum atomic E-state index is 0.0333. The lowest BCUT2D eigenvalue weighted by Crippen LogP contribution is -2.10. The molecule has 23 heavy (non-hydrogen) atoms. The number of aromatic nitrogens is 2. The molecular formula is C15H17N3O5. The first-order valence-corrected chi connectivity index (χ1v) is 6.76. The molecule has 2 N–H and O–H groups in total. The molecule has 0 aliphatic rings. The Labute approximate surface area is 132 Å². The molecule has 0 saturated carbocycles. The maximum atomic E-state index is 10.4. The summed E-state index contributed by atoms with van der Waals surface area (Å²) in [5.74, 6) is 0.663. The largest absolute Gasteiger partial charge is 0.496 e. The molecule has 0 amide bonds. The van der Waals surface area contributed by atoms with Gasteiger partial charge in [0.2, 0.25) is 0 Å². The van der Waals surface area contributed by atoms with Crippen LogP contribution >= 0.6 is 0 Å². The molecule has 0 unspecified atom stereocenters. The number of nitrogens with zero attached hydrogens (tertiary/aromatic N) is 2. The van der Waals surface area contributed by atoms with E-state index in [1.165, 1.54) is 6.20 Å². The molecule has 8 heteroatoms. The third-order valence-corrected chi connectivity index (χ3v) is 3.25. The van der Waals surface area contributed by atoms with Crippen molar-refractivity contribution in [1.82, 2.24) is 9.78 Å². The minimum absolute atomic E-state index is 0.0333. The van der Waals surface area contributed by atoms with Crippen LogP contribution in [0.5, 0.6) is 5.75 Å². The van der Waals surface area contributed by atoms with Crippen LogP contribution in [0.1, 0.15) is 16.8 Å². The van der Waals surface area contributed by atoms with E-state index in [9.17, 15) is 9.59 Å². The van der Waals surface area contributed by atoms with Gasteiger partial charge in [-0.1, -0.05) is 6.07 Å². The van der Waals surface area contributed by atoms with E-state index < -0.39 is 0 Å². The number of ether oxygens (including phenoxy) is 3. The Morgan fingerprint density at radius 2 is 1.96 bits per heavy atom. The molecular weight excluding hydrogens is 302 g/mol. The predicted octanol–water partition coefficient (Wildman–Crippen LogP) is 0.868. The third-order valence-electron chi connectivity index (χ3n) is 3.25. The van der Waals surface area contributed by atoms with Crippen LogP contribution in [-0.2, 0) is 38.8 Å². The first-order chi connectivity index (χ1) is 11.2. The van der Waals surface area contributed by atoms with Gasteiger partial charge in [-0.25, -0.2) is 0 Å². The molecule has 1 aromatic carbocycles. The fourth-order valence-electron chi connectivity index (χ4n) is 2.17. The van der Waals surface area contributed by atoms with Crippen molar-refractivity contribution in [1.29, 1.82) is 0 Å². The van der Waals surface area contributed by atoms with E-state index in [0.29, 0.717) is 36.6 Å². The highest BCUT2D eigenvalue weighted by atomic mass is 16.5. The van der Waals surface area contributed by atoms with Crippen molar-refractivity contribution in [2.45, 2.75) is 19.8 Å². The molecule has 0 bridgehead atoms. The zero-order valence-corrected chi connectivity index (χ0v) is 12.6. The van der Waals surface area contributed by atoms with Crippen LogP contribution in [0.3, 0.4) is 0 Å². The van der Waals surface area contributed by atoms with Gasteiger partial charge in [-0.05, 0) is 17.7 Å². The van der Waals surface area contributed by atoms with Crippen LogP contribution < -0.4 is 10.5 Å². The average molecular weight is 319 g/mol. The monoisotopic (exact) mass is 319 g/mol. The molecule has 1 heterocycles. The molecule has 0 saturated heterocycles. The van der Waals surface area contributed by atoms with Gasteiger partial charge in [0.25, 0.3) is 12.9 Å². The van der Waals surface area contributed by atoms with Gasteiger partial charge in [0, 0.05) is 5.56 Å². The molecule has 8 nitrogen and oxygen atoms in total. The average Bonchev–Trinajstić information content (AvgIpc) is 2.91. The highest BCUT2D eigenvalue weighted by molar-refractivity contribution is 5.44. The predicted molar refractivity (Wildman–Crippen MR) is 80.4 cm³/mol. The second-order valence-corrected chi connectivity index (χ2v) is 4.66. The minimum Gasteiger partial charge on any atom is -0.496 e. The lowest BCUT2D eigenvalue weighted by molar-refractivity contribution is -0.130. The van der Waals surface area contributed by atoms with Gasteiger partial charge in [0.15, 0.2) is 0 Å². The van der Waals surface area contributed by atoms with Crippen molar-refractivity contribution in [2.75, 3.05) is 12.8 Å². The Morgan fingerprint density at radius 3 is 2.65 bits per heavy atom. The van der Waals surface area contributed by atoms with E-state index in [1.807, 2.05) is 6.07 Å². The van der Waals surface area contributed by atoms with Gasteiger partial charge < -0.3 is 19.9 Å². The molecule has 0 aliphatic heterocycles. The number of carbonyl (C=O) groups excluding carboxylic acids is 2. The lowest BCUT2D eigenvalue weighted by Gasteiger charge is -2.13. The smallest absolute Gasteiger partial charge is 0.293 e. The van der Waals surface area contributed by atoms with Crippen LogP contribution in [-0.4, -0.2) is 29.8 Å². The van der Waals surface area contributed by atoms with Gasteiger partial charge in [-0.3, -0.25) is 14.3 Å². The summed E-state index contributed by atoms with van der Waals surface area (Å²) in [6.07, 6.45) is 1.50. The van der Waals surface area contributed by atoms with E-state index in [-0.39, 0.29) is 13.2 Å². The van der Waals surface area contributed by atoms with Gasteiger partial charge >= 0.3 is 0 Å². The maximum absolute atomic E-state index is 10.4. The zero-order valence-electron chi connectivity index (χ0n) is 12.6. The quantitative estimate of drug-likeness (QED) is 0.683. The lowest BCUT2D eigenvalue weighted by atomic mass is 10.1. The molecule has 0 atom stereocenters. The number of nitrogen functional groups attached to an aromatic ring is 1. The van der Waals surface area contributed by atoms with Crippen molar-refractivity contribution < 1.29 is 23.8 Å². The molecule has 0 aliphatic carbocycles. The van der Waals surface area contributed by atoms with Crippen LogP contribution in [0.15, 0.2) is 24.4 Å². The van der Waals surface area contributed by atoms with E-state index in [1.54, 1.807) is 23.9 Å². The molecule has 0 spiro atoms. The number of nitrogens with two attached hydrogens (primary N) is 1. The van der Waals surface area contributed by atoms with Crippen LogP contribution in [0.25, 0.3) is 0 Å². The number of hydrogen-bond donors (Lipinski definition) is 1. The molecule has 0 fully saturated rings. The maximum Gasteiger partial charge on any atom is 0.293 e. The van der Waals surface area contributed by atoms with Crippen molar-refractivity contribution in [2.24, 2.45) is 0 Å². The second-order valence-electron chi connectivity index (χ2n) is 4.66. The Balaban J connectivity index is 2.27. The highest BCUT2D eigenvalue weighted by Gasteiger charge is 2.12. The van der Waals surface area contributed by atoms with E-state index in [4.69, 9.17) is 19.9 Å². The van der Waals surface area contributed by atoms with E-state index >= 15 is 0 Å². The second kappa shape index (κ2) is 7.83. The van der Waals surface area contributed by atoms with Crippen LogP contribution in [0, 0.1) is 0 Å². The van der Waals surface area contributed by atoms with Gasteiger partial charge in [-0.15, -0.1) is 0 Å². The number of carbonyl (C=O) groups is 2. The first-order valence-electron chi connectivity index (χ1n) is 6.76. The SMILES string of the molecule is COc1ccc(COC=O)cc1Cn1ncc(N)c1COC=O. The Kier molecular flexibility index (Phi) is 5.56. The van der Waals surface area contributed by atoms with E-state index in [0.717, 1.165) is 11.1 Å². The van der Waals surface area contributed by atoms with Crippen molar-refractivity contribution in [3.05, 3.63) is 41.2 Å². The number of methoxy groups -OCH3 is 1. The van der Waals surface area contributed by atoms with Crippen molar-refractivity contribution >= 4 is 18.6 Å².